The maximum atomic E-state index is 12.9. The Balaban J connectivity index is 1.59. The van der Waals surface area contributed by atoms with Gasteiger partial charge >= 0.3 is 0 Å². The van der Waals surface area contributed by atoms with E-state index in [0.29, 0.717) is 30.2 Å². The van der Waals surface area contributed by atoms with Gasteiger partial charge in [0.1, 0.15) is 11.5 Å². The molecule has 3 rings (SSSR count). The van der Waals surface area contributed by atoms with Crippen molar-refractivity contribution in [3.8, 4) is 11.8 Å². The Kier molecular flexibility index (Phi) is 7.71. The van der Waals surface area contributed by atoms with Crippen molar-refractivity contribution in [3.63, 3.8) is 0 Å². The number of ether oxygens (including phenoxy) is 1. The highest BCUT2D eigenvalue weighted by Gasteiger charge is 2.29. The van der Waals surface area contributed by atoms with Crippen molar-refractivity contribution in [1.82, 2.24) is 9.80 Å². The number of hydrogen-bond donors (Lipinski definition) is 0. The molecular weight excluding hydrogens is 394 g/mol. The number of nitriles is 1. The van der Waals surface area contributed by atoms with Gasteiger partial charge in [0.25, 0.3) is 11.8 Å². The summed E-state index contributed by atoms with van der Waals surface area (Å²) in [4.78, 5) is 29.0. The van der Waals surface area contributed by atoms with Gasteiger partial charge in [-0.15, -0.1) is 0 Å². The number of rotatable bonds is 8. The predicted molar refractivity (Wildman–Crippen MR) is 115 cm³/mol. The highest BCUT2D eigenvalue weighted by atomic mass is 16.5. The Bertz CT molecular complexity index is 892. The summed E-state index contributed by atoms with van der Waals surface area (Å²) in [6.45, 7) is 4.75. The molecule has 0 saturated carbocycles. The molecule has 2 amide bonds. The molecule has 0 radical (unpaired) electrons. The molecule has 7 heteroatoms. The fourth-order valence-corrected chi connectivity index (χ4v) is 4.04. The van der Waals surface area contributed by atoms with Gasteiger partial charge in [-0.25, -0.2) is 0 Å². The molecule has 1 aromatic heterocycles. The van der Waals surface area contributed by atoms with Gasteiger partial charge in [0.05, 0.1) is 25.3 Å². The molecule has 1 fully saturated rings. The van der Waals surface area contributed by atoms with Crippen LogP contribution in [0.3, 0.4) is 0 Å². The number of likely N-dealkylation sites (tertiary alicyclic amines) is 1. The van der Waals surface area contributed by atoms with E-state index in [1.165, 1.54) is 0 Å². The molecule has 1 aliphatic rings. The number of carbonyl (C=O) groups excluding carboxylic acids is 2. The first-order valence-electron chi connectivity index (χ1n) is 10.7. The molecular formula is C24H29N3O4. The van der Waals surface area contributed by atoms with Gasteiger partial charge in [0.15, 0.2) is 6.61 Å². The van der Waals surface area contributed by atoms with Crippen molar-refractivity contribution in [2.45, 2.75) is 58.2 Å². The lowest BCUT2D eigenvalue weighted by molar-refractivity contribution is -0.139. The molecule has 164 valence electrons. The Morgan fingerprint density at radius 3 is 2.52 bits per heavy atom. The maximum absolute atomic E-state index is 12.9. The van der Waals surface area contributed by atoms with Crippen LogP contribution in [0.2, 0.25) is 0 Å². The van der Waals surface area contributed by atoms with Crippen molar-refractivity contribution in [3.05, 3.63) is 54.0 Å². The van der Waals surface area contributed by atoms with Crippen LogP contribution in [0.25, 0.3) is 0 Å². The largest absolute Gasteiger partial charge is 0.484 e. The zero-order valence-corrected chi connectivity index (χ0v) is 18.1. The summed E-state index contributed by atoms with van der Waals surface area (Å²) >= 11 is 0. The number of furan rings is 1. The van der Waals surface area contributed by atoms with Crippen molar-refractivity contribution >= 4 is 11.8 Å². The first-order chi connectivity index (χ1) is 15.0. The fraction of sp³-hybridized carbons (Fsp3) is 0.458. The van der Waals surface area contributed by atoms with E-state index in [-0.39, 0.29) is 36.9 Å². The summed E-state index contributed by atoms with van der Waals surface area (Å²) in [7, 11) is 0. The van der Waals surface area contributed by atoms with Crippen LogP contribution in [0, 0.1) is 11.3 Å². The Hall–Kier alpha value is -3.27. The molecule has 1 aromatic carbocycles. The molecule has 2 heterocycles. The number of benzene rings is 1. The van der Waals surface area contributed by atoms with Gasteiger partial charge in [0, 0.05) is 24.2 Å². The van der Waals surface area contributed by atoms with Crippen LogP contribution in [0.15, 0.2) is 47.1 Å². The van der Waals surface area contributed by atoms with Crippen molar-refractivity contribution < 1.29 is 18.7 Å². The molecule has 7 nitrogen and oxygen atoms in total. The molecule has 0 aliphatic carbocycles. The van der Waals surface area contributed by atoms with Crippen molar-refractivity contribution in [2.24, 2.45) is 0 Å². The quantitative estimate of drug-likeness (QED) is 0.640. The average Bonchev–Trinajstić information content (AvgIpc) is 3.28. The average molecular weight is 424 g/mol. The van der Waals surface area contributed by atoms with Crippen LogP contribution in [0.5, 0.6) is 5.75 Å². The topological polar surface area (TPSA) is 86.8 Å². The number of amides is 2. The minimum atomic E-state index is -0.190. The van der Waals surface area contributed by atoms with E-state index < -0.39 is 0 Å². The standard InChI is InChI=1S/C24H29N3O4/c1-18-6-3-7-19(2)27(18)23(28)17-31-21-11-9-20(10-12-21)24(29)26(14-5-13-25)16-22-8-4-15-30-22/h4,8-12,15,18-19H,3,5-7,14,16-17H2,1-2H3. The lowest BCUT2D eigenvalue weighted by Gasteiger charge is -2.38. The minimum Gasteiger partial charge on any atom is -0.484 e. The van der Waals surface area contributed by atoms with E-state index in [2.05, 4.69) is 19.9 Å². The Labute approximate surface area is 183 Å². The molecule has 0 bridgehead atoms. The summed E-state index contributed by atoms with van der Waals surface area (Å²) in [6, 6.07) is 12.8. The predicted octanol–water partition coefficient (Wildman–Crippen LogP) is 4.00. The third kappa shape index (κ3) is 5.88. The van der Waals surface area contributed by atoms with Gasteiger partial charge < -0.3 is 19.0 Å². The van der Waals surface area contributed by atoms with Crippen LogP contribution >= 0.6 is 0 Å². The molecule has 2 aromatic rings. The molecule has 1 aliphatic heterocycles. The molecule has 2 unspecified atom stereocenters. The van der Waals surface area contributed by atoms with Gasteiger partial charge in [-0.05, 0) is 69.5 Å². The lowest BCUT2D eigenvalue weighted by atomic mass is 9.97. The Morgan fingerprint density at radius 2 is 1.90 bits per heavy atom. The van der Waals surface area contributed by atoms with Crippen LogP contribution in [0.4, 0.5) is 0 Å². The fourth-order valence-electron chi connectivity index (χ4n) is 4.04. The van der Waals surface area contributed by atoms with E-state index in [9.17, 15) is 9.59 Å². The number of hydrogen-bond acceptors (Lipinski definition) is 5. The lowest BCUT2D eigenvalue weighted by Crippen LogP contribution is -2.49. The van der Waals surface area contributed by atoms with E-state index in [0.717, 1.165) is 19.3 Å². The summed E-state index contributed by atoms with van der Waals surface area (Å²) in [6.07, 6.45) is 4.98. The number of piperidine rings is 1. The number of nitrogens with zero attached hydrogens (tertiary/aromatic N) is 3. The highest BCUT2D eigenvalue weighted by molar-refractivity contribution is 5.94. The summed E-state index contributed by atoms with van der Waals surface area (Å²) < 4.78 is 11.0. The summed E-state index contributed by atoms with van der Waals surface area (Å²) in [5.41, 5.74) is 0.487. The maximum Gasteiger partial charge on any atom is 0.260 e. The monoisotopic (exact) mass is 423 g/mol. The SMILES string of the molecule is CC1CCCC(C)N1C(=O)COc1ccc(C(=O)N(CCC#N)Cc2ccco2)cc1. The minimum absolute atomic E-state index is 0.0130. The summed E-state index contributed by atoms with van der Waals surface area (Å²) in [5.74, 6) is 0.994. The zero-order valence-electron chi connectivity index (χ0n) is 18.1. The Morgan fingerprint density at radius 1 is 1.19 bits per heavy atom. The normalized spacial score (nSPS) is 18.3. The number of carbonyl (C=O) groups is 2. The van der Waals surface area contributed by atoms with E-state index in [1.54, 1.807) is 47.6 Å². The zero-order chi connectivity index (χ0) is 22.2. The van der Waals surface area contributed by atoms with E-state index in [4.69, 9.17) is 14.4 Å². The first-order valence-corrected chi connectivity index (χ1v) is 10.7. The second kappa shape index (κ2) is 10.7. The molecule has 2 atom stereocenters. The first kappa shape index (κ1) is 22.4. The van der Waals surface area contributed by atoms with Crippen molar-refractivity contribution in [1.29, 1.82) is 5.26 Å². The molecule has 1 saturated heterocycles. The summed E-state index contributed by atoms with van der Waals surface area (Å²) in [5, 5.41) is 8.90. The molecule has 0 spiro atoms. The van der Waals surface area contributed by atoms with Crippen molar-refractivity contribution in [2.75, 3.05) is 13.2 Å². The van der Waals surface area contributed by atoms with Gasteiger partial charge in [-0.1, -0.05) is 0 Å². The molecule has 0 N–H and O–H groups in total. The third-order valence-electron chi connectivity index (χ3n) is 5.65. The van der Waals surface area contributed by atoms with Gasteiger partial charge in [0.2, 0.25) is 0 Å². The van der Waals surface area contributed by atoms with E-state index in [1.807, 2.05) is 4.90 Å². The second-order valence-corrected chi connectivity index (χ2v) is 7.96. The third-order valence-corrected chi connectivity index (χ3v) is 5.65. The van der Waals surface area contributed by atoms with Crippen LogP contribution in [-0.4, -0.2) is 46.8 Å². The van der Waals surface area contributed by atoms with E-state index >= 15 is 0 Å². The van der Waals surface area contributed by atoms with Gasteiger partial charge in [-0.2, -0.15) is 5.26 Å². The van der Waals surface area contributed by atoms with Crippen LogP contribution < -0.4 is 4.74 Å². The molecule has 31 heavy (non-hydrogen) atoms. The van der Waals surface area contributed by atoms with Crippen LogP contribution in [0.1, 0.15) is 55.6 Å². The van der Waals surface area contributed by atoms with Gasteiger partial charge in [-0.3, -0.25) is 9.59 Å². The highest BCUT2D eigenvalue weighted by Crippen LogP contribution is 2.23. The van der Waals surface area contributed by atoms with Crippen LogP contribution in [-0.2, 0) is 11.3 Å². The smallest absolute Gasteiger partial charge is 0.260 e. The second-order valence-electron chi connectivity index (χ2n) is 7.96.